The number of nitrogens with one attached hydrogen (secondary N) is 1. The van der Waals surface area contributed by atoms with Crippen molar-refractivity contribution < 1.29 is 18.1 Å². The Morgan fingerprint density at radius 3 is 2.63 bits per heavy atom. The highest BCUT2D eigenvalue weighted by atomic mass is 35.5. The average molecular weight is 410 g/mol. The zero-order chi connectivity index (χ0) is 19.8. The van der Waals surface area contributed by atoms with Crippen molar-refractivity contribution in [3.8, 4) is 0 Å². The fourth-order valence-corrected chi connectivity index (χ4v) is 4.60. The van der Waals surface area contributed by atoms with Gasteiger partial charge in [-0.25, -0.2) is 8.42 Å². The van der Waals surface area contributed by atoms with Gasteiger partial charge in [0.15, 0.2) is 0 Å². The van der Waals surface area contributed by atoms with Crippen molar-refractivity contribution in [3.05, 3.63) is 62.7 Å². The molecule has 0 bridgehead atoms. The fourth-order valence-electron chi connectivity index (χ4n) is 2.87. The molecule has 0 atom stereocenters. The van der Waals surface area contributed by atoms with E-state index in [1.807, 2.05) is 0 Å². The molecule has 1 aliphatic rings. The molecule has 1 heterocycles. The second kappa shape index (κ2) is 7.16. The lowest BCUT2D eigenvalue weighted by molar-refractivity contribution is -0.385. The van der Waals surface area contributed by atoms with Crippen LogP contribution in [0.2, 0.25) is 5.02 Å². The monoisotopic (exact) mass is 409 g/mol. The lowest BCUT2D eigenvalue weighted by atomic mass is 10.1. The van der Waals surface area contributed by atoms with Crippen LogP contribution in [0.4, 0.5) is 17.1 Å². The van der Waals surface area contributed by atoms with E-state index >= 15 is 0 Å². The van der Waals surface area contributed by atoms with Crippen LogP contribution >= 0.6 is 11.6 Å². The van der Waals surface area contributed by atoms with E-state index in [0.29, 0.717) is 29.9 Å². The van der Waals surface area contributed by atoms with E-state index in [4.69, 9.17) is 11.6 Å². The summed E-state index contributed by atoms with van der Waals surface area (Å²) in [7, 11) is -3.36. The number of carbonyl (C=O) groups excluding carboxylic acids is 1. The molecule has 3 rings (SSSR count). The van der Waals surface area contributed by atoms with E-state index in [1.54, 1.807) is 25.1 Å². The summed E-state index contributed by atoms with van der Waals surface area (Å²) in [6, 6.07) is 8.62. The summed E-state index contributed by atoms with van der Waals surface area (Å²) in [5.41, 5.74) is 0.954. The molecule has 1 fully saturated rings. The molecule has 8 nitrogen and oxygen atoms in total. The quantitative estimate of drug-likeness (QED) is 0.615. The molecule has 0 aliphatic carbocycles. The number of aryl methyl sites for hydroxylation is 1. The summed E-state index contributed by atoms with van der Waals surface area (Å²) in [6.07, 6.45) is 0.534. The highest BCUT2D eigenvalue weighted by Crippen LogP contribution is 2.30. The molecule has 1 amide bonds. The molecule has 2 aromatic carbocycles. The Bertz CT molecular complexity index is 1040. The minimum Gasteiger partial charge on any atom is -0.321 e. The van der Waals surface area contributed by atoms with Gasteiger partial charge in [0.05, 0.1) is 16.4 Å². The predicted molar refractivity (Wildman–Crippen MR) is 103 cm³/mol. The predicted octanol–water partition coefficient (Wildman–Crippen LogP) is 3.35. The Balaban J connectivity index is 1.94. The average Bonchev–Trinajstić information content (AvgIpc) is 2.95. The zero-order valence-electron chi connectivity index (χ0n) is 14.3. The van der Waals surface area contributed by atoms with Gasteiger partial charge in [0, 0.05) is 23.3 Å². The molecule has 142 valence electrons. The maximum Gasteiger partial charge on any atom is 0.282 e. The summed E-state index contributed by atoms with van der Waals surface area (Å²) in [5, 5.41) is 14.0. The Morgan fingerprint density at radius 1 is 1.26 bits per heavy atom. The van der Waals surface area contributed by atoms with Crippen LogP contribution in [0.15, 0.2) is 36.4 Å². The number of anilines is 2. The van der Waals surface area contributed by atoms with Gasteiger partial charge in [0.1, 0.15) is 5.56 Å². The third-order valence-corrected chi connectivity index (χ3v) is 6.36. The van der Waals surface area contributed by atoms with Gasteiger partial charge in [0.25, 0.3) is 11.6 Å². The molecule has 2 aromatic rings. The maximum absolute atomic E-state index is 12.6. The molecular weight excluding hydrogens is 394 g/mol. The largest absolute Gasteiger partial charge is 0.321 e. The Hall–Kier alpha value is -2.65. The number of benzene rings is 2. The van der Waals surface area contributed by atoms with Crippen LogP contribution in [0, 0.1) is 17.0 Å². The van der Waals surface area contributed by atoms with Crippen molar-refractivity contribution in [1.29, 1.82) is 0 Å². The second-order valence-electron chi connectivity index (χ2n) is 6.11. The van der Waals surface area contributed by atoms with Gasteiger partial charge >= 0.3 is 0 Å². The first-order chi connectivity index (χ1) is 12.7. The van der Waals surface area contributed by atoms with Crippen LogP contribution in [0.1, 0.15) is 22.3 Å². The lowest BCUT2D eigenvalue weighted by Gasteiger charge is -2.19. The van der Waals surface area contributed by atoms with Crippen LogP contribution < -0.4 is 9.62 Å². The zero-order valence-corrected chi connectivity index (χ0v) is 15.9. The minimum atomic E-state index is -3.36. The van der Waals surface area contributed by atoms with E-state index in [9.17, 15) is 23.3 Å². The molecule has 0 spiro atoms. The topological polar surface area (TPSA) is 110 Å². The number of carbonyl (C=O) groups is 1. The normalized spacial score (nSPS) is 15.6. The number of nitro benzene ring substituents is 1. The first-order valence-corrected chi connectivity index (χ1v) is 10.0. The number of amides is 1. The first kappa shape index (κ1) is 19.1. The van der Waals surface area contributed by atoms with Crippen molar-refractivity contribution in [1.82, 2.24) is 0 Å². The van der Waals surface area contributed by atoms with E-state index in [-0.39, 0.29) is 22.0 Å². The number of nitrogens with zero attached hydrogens (tertiary/aromatic N) is 2. The van der Waals surface area contributed by atoms with Crippen LogP contribution in [0.25, 0.3) is 0 Å². The third-order valence-electron chi connectivity index (χ3n) is 4.26. The van der Waals surface area contributed by atoms with Gasteiger partial charge in [0.2, 0.25) is 10.0 Å². The number of hydrogen-bond donors (Lipinski definition) is 1. The molecule has 0 aromatic heterocycles. The first-order valence-electron chi connectivity index (χ1n) is 8.05. The van der Waals surface area contributed by atoms with Crippen LogP contribution in [-0.2, 0) is 10.0 Å². The molecule has 10 heteroatoms. The van der Waals surface area contributed by atoms with Crippen molar-refractivity contribution in [2.24, 2.45) is 0 Å². The molecule has 27 heavy (non-hydrogen) atoms. The lowest BCUT2D eigenvalue weighted by Crippen LogP contribution is -2.25. The molecule has 1 N–H and O–H groups in total. The summed E-state index contributed by atoms with van der Waals surface area (Å²) in [5.74, 6) is -0.620. The van der Waals surface area contributed by atoms with Crippen LogP contribution in [0.5, 0.6) is 0 Å². The third kappa shape index (κ3) is 3.88. The summed E-state index contributed by atoms with van der Waals surface area (Å²) < 4.78 is 25.5. The van der Waals surface area contributed by atoms with Crippen molar-refractivity contribution in [2.45, 2.75) is 13.3 Å². The molecular formula is C17H16ClN3O5S. The number of nitro groups is 1. The standard InChI is InChI=1S/C17H16ClN3O5S/c1-11-3-5-13(20-7-2-8-27(20,25)26)10-15(11)19-17(22)14-9-12(18)4-6-16(14)21(23)24/h3-6,9-10H,2,7-8H2,1H3,(H,19,22). The van der Waals surface area contributed by atoms with E-state index in [0.717, 1.165) is 6.07 Å². The molecule has 1 aliphatic heterocycles. The Kier molecular flexibility index (Phi) is 5.07. The van der Waals surface area contributed by atoms with Gasteiger partial charge in [-0.3, -0.25) is 19.2 Å². The van der Waals surface area contributed by atoms with Crippen LogP contribution in [0.3, 0.4) is 0 Å². The summed E-state index contributed by atoms with van der Waals surface area (Å²) >= 11 is 5.87. The fraction of sp³-hybridized carbons (Fsp3) is 0.235. The highest BCUT2D eigenvalue weighted by Gasteiger charge is 2.29. The molecule has 1 saturated heterocycles. The van der Waals surface area contributed by atoms with Gasteiger partial charge in [-0.15, -0.1) is 0 Å². The minimum absolute atomic E-state index is 0.0806. The summed E-state index contributed by atoms with van der Waals surface area (Å²) in [6.45, 7) is 2.11. The van der Waals surface area contributed by atoms with Gasteiger partial charge < -0.3 is 5.32 Å². The summed E-state index contributed by atoms with van der Waals surface area (Å²) in [4.78, 5) is 23.1. The van der Waals surface area contributed by atoms with Crippen molar-refractivity contribution in [3.63, 3.8) is 0 Å². The number of hydrogen-bond acceptors (Lipinski definition) is 5. The van der Waals surface area contributed by atoms with Gasteiger partial charge in [-0.05, 0) is 43.2 Å². The van der Waals surface area contributed by atoms with Crippen LogP contribution in [-0.4, -0.2) is 31.5 Å². The number of rotatable bonds is 4. The molecule has 0 unspecified atom stereocenters. The highest BCUT2D eigenvalue weighted by molar-refractivity contribution is 7.93. The second-order valence-corrected chi connectivity index (χ2v) is 8.56. The van der Waals surface area contributed by atoms with E-state index in [1.165, 1.54) is 16.4 Å². The Labute approximate surface area is 160 Å². The van der Waals surface area contributed by atoms with Gasteiger partial charge in [-0.1, -0.05) is 17.7 Å². The van der Waals surface area contributed by atoms with Crippen molar-refractivity contribution in [2.75, 3.05) is 21.9 Å². The van der Waals surface area contributed by atoms with Crippen molar-refractivity contribution >= 4 is 44.6 Å². The van der Waals surface area contributed by atoms with Gasteiger partial charge in [-0.2, -0.15) is 0 Å². The maximum atomic E-state index is 12.6. The molecule has 0 radical (unpaired) electrons. The number of halogens is 1. The van der Waals surface area contributed by atoms with E-state index < -0.39 is 20.9 Å². The van der Waals surface area contributed by atoms with E-state index in [2.05, 4.69) is 5.32 Å². The SMILES string of the molecule is Cc1ccc(N2CCCS2(=O)=O)cc1NC(=O)c1cc(Cl)ccc1[N+](=O)[O-]. The number of sulfonamides is 1. The molecule has 0 saturated carbocycles. The Morgan fingerprint density at radius 2 is 2.00 bits per heavy atom. The smallest absolute Gasteiger partial charge is 0.282 e.